The SMILES string of the molecule is CC1(C)c2ccc(-c3cc(-c4ccc(-c5cccnc5)cc4)nc(-c4cccc(-c5ccccc5)c4)n3)cc2-c2c1ccc1ccccc21. The molecule has 0 radical (unpaired) electrons. The van der Waals surface area contributed by atoms with Gasteiger partial charge in [-0.05, 0) is 79.5 Å². The topological polar surface area (TPSA) is 38.7 Å². The summed E-state index contributed by atoms with van der Waals surface area (Å²) in [5, 5.41) is 2.55. The maximum Gasteiger partial charge on any atom is 0.160 e. The fourth-order valence-corrected chi connectivity index (χ4v) is 7.39. The van der Waals surface area contributed by atoms with E-state index < -0.39 is 0 Å². The molecule has 9 rings (SSSR count). The molecule has 0 bridgehead atoms. The predicted molar refractivity (Wildman–Crippen MR) is 202 cm³/mol. The smallest absolute Gasteiger partial charge is 0.160 e. The minimum Gasteiger partial charge on any atom is -0.264 e. The minimum absolute atomic E-state index is 0.0941. The Hall–Kier alpha value is -6.19. The molecule has 6 aromatic carbocycles. The van der Waals surface area contributed by atoms with E-state index in [9.17, 15) is 0 Å². The van der Waals surface area contributed by atoms with Crippen molar-refractivity contribution in [3.8, 4) is 67.3 Å². The molecule has 1 aliphatic carbocycles. The van der Waals surface area contributed by atoms with E-state index in [1.54, 1.807) is 6.20 Å². The van der Waals surface area contributed by atoms with Gasteiger partial charge >= 0.3 is 0 Å². The van der Waals surface area contributed by atoms with Crippen LogP contribution in [0.25, 0.3) is 78.1 Å². The third kappa shape index (κ3) is 5.03. The van der Waals surface area contributed by atoms with E-state index >= 15 is 0 Å². The van der Waals surface area contributed by atoms with Crippen LogP contribution in [0.3, 0.4) is 0 Å². The Labute approximate surface area is 286 Å². The molecule has 0 aliphatic heterocycles. The van der Waals surface area contributed by atoms with Gasteiger partial charge in [0.15, 0.2) is 5.82 Å². The quantitative estimate of drug-likeness (QED) is 0.191. The van der Waals surface area contributed by atoms with Crippen LogP contribution < -0.4 is 0 Å². The molecular weight excluding hydrogens is 595 g/mol. The summed E-state index contributed by atoms with van der Waals surface area (Å²) in [5.74, 6) is 0.702. The molecule has 0 atom stereocenters. The monoisotopic (exact) mass is 627 g/mol. The number of rotatable bonds is 5. The third-order valence-electron chi connectivity index (χ3n) is 9.99. The normalized spacial score (nSPS) is 12.9. The lowest BCUT2D eigenvalue weighted by Gasteiger charge is -2.21. The first-order valence-corrected chi connectivity index (χ1v) is 16.8. The molecular formula is C46H33N3. The maximum atomic E-state index is 5.26. The van der Waals surface area contributed by atoms with Crippen LogP contribution in [-0.2, 0) is 5.41 Å². The van der Waals surface area contributed by atoms with Crippen LogP contribution in [0.5, 0.6) is 0 Å². The summed E-state index contributed by atoms with van der Waals surface area (Å²) in [6.07, 6.45) is 3.70. The zero-order chi connectivity index (χ0) is 33.0. The molecule has 8 aromatic rings. The molecule has 2 heterocycles. The molecule has 0 unspecified atom stereocenters. The van der Waals surface area contributed by atoms with Crippen molar-refractivity contribution in [2.45, 2.75) is 19.3 Å². The number of aromatic nitrogens is 3. The van der Waals surface area contributed by atoms with Gasteiger partial charge in [0.1, 0.15) is 0 Å². The van der Waals surface area contributed by atoms with E-state index in [1.807, 2.05) is 18.3 Å². The molecule has 0 amide bonds. The van der Waals surface area contributed by atoms with Crippen LogP contribution in [0.15, 0.2) is 164 Å². The zero-order valence-corrected chi connectivity index (χ0v) is 27.4. The van der Waals surface area contributed by atoms with Gasteiger partial charge in [-0.15, -0.1) is 0 Å². The highest BCUT2D eigenvalue weighted by molar-refractivity contribution is 6.03. The average molecular weight is 628 g/mol. The summed E-state index contributed by atoms with van der Waals surface area (Å²) < 4.78 is 0. The molecule has 0 spiro atoms. The van der Waals surface area contributed by atoms with Crippen LogP contribution in [0.2, 0.25) is 0 Å². The van der Waals surface area contributed by atoms with Gasteiger partial charge in [-0.25, -0.2) is 9.97 Å². The van der Waals surface area contributed by atoms with Crippen LogP contribution in [0, 0.1) is 0 Å². The first kappa shape index (κ1) is 29.0. The Morgan fingerprint density at radius 3 is 1.92 bits per heavy atom. The Kier molecular flexibility index (Phi) is 6.80. The Balaban J connectivity index is 1.21. The molecule has 3 nitrogen and oxygen atoms in total. The molecule has 0 saturated carbocycles. The summed E-state index contributed by atoms with van der Waals surface area (Å²) in [6.45, 7) is 4.67. The average Bonchev–Trinajstić information content (AvgIpc) is 3.41. The Morgan fingerprint density at radius 2 is 1.10 bits per heavy atom. The fourth-order valence-electron chi connectivity index (χ4n) is 7.39. The van der Waals surface area contributed by atoms with Crippen molar-refractivity contribution in [2.24, 2.45) is 0 Å². The largest absolute Gasteiger partial charge is 0.264 e. The second-order valence-electron chi connectivity index (χ2n) is 13.3. The van der Waals surface area contributed by atoms with Crippen LogP contribution >= 0.6 is 0 Å². The lowest BCUT2D eigenvalue weighted by atomic mass is 9.82. The van der Waals surface area contributed by atoms with Gasteiger partial charge in [0.05, 0.1) is 11.4 Å². The summed E-state index contributed by atoms with van der Waals surface area (Å²) in [5.41, 5.74) is 14.6. The van der Waals surface area contributed by atoms with Crippen molar-refractivity contribution in [3.63, 3.8) is 0 Å². The maximum absolute atomic E-state index is 5.26. The predicted octanol–water partition coefficient (Wildman–Crippen LogP) is 11.7. The summed E-state index contributed by atoms with van der Waals surface area (Å²) in [4.78, 5) is 14.8. The van der Waals surface area contributed by atoms with Gasteiger partial charge in [0.25, 0.3) is 0 Å². The highest BCUT2D eigenvalue weighted by Crippen LogP contribution is 2.52. The minimum atomic E-state index is -0.0941. The molecule has 232 valence electrons. The van der Waals surface area contributed by atoms with E-state index in [0.29, 0.717) is 5.82 Å². The van der Waals surface area contributed by atoms with Gasteiger partial charge in [-0.3, -0.25) is 4.98 Å². The lowest BCUT2D eigenvalue weighted by Crippen LogP contribution is -2.14. The molecule has 2 aromatic heterocycles. The van der Waals surface area contributed by atoms with Crippen molar-refractivity contribution in [1.82, 2.24) is 15.0 Å². The first-order valence-electron chi connectivity index (χ1n) is 16.8. The molecule has 1 aliphatic rings. The fraction of sp³-hybridized carbons (Fsp3) is 0.0652. The van der Waals surface area contributed by atoms with Crippen LogP contribution in [0.1, 0.15) is 25.0 Å². The van der Waals surface area contributed by atoms with Crippen molar-refractivity contribution in [1.29, 1.82) is 0 Å². The van der Waals surface area contributed by atoms with Crippen molar-refractivity contribution in [2.75, 3.05) is 0 Å². The van der Waals surface area contributed by atoms with Crippen molar-refractivity contribution in [3.05, 3.63) is 175 Å². The van der Waals surface area contributed by atoms with Crippen LogP contribution in [-0.4, -0.2) is 15.0 Å². The number of fused-ring (bicyclic) bond motifs is 5. The van der Waals surface area contributed by atoms with Gasteiger partial charge in [-0.2, -0.15) is 0 Å². The lowest BCUT2D eigenvalue weighted by molar-refractivity contribution is 0.661. The first-order chi connectivity index (χ1) is 24.0. The van der Waals surface area contributed by atoms with Crippen LogP contribution in [0.4, 0.5) is 0 Å². The van der Waals surface area contributed by atoms with Crippen molar-refractivity contribution >= 4 is 10.8 Å². The Morgan fingerprint density at radius 1 is 0.449 bits per heavy atom. The van der Waals surface area contributed by atoms with E-state index in [-0.39, 0.29) is 5.41 Å². The van der Waals surface area contributed by atoms with Gasteiger partial charge in [0.2, 0.25) is 0 Å². The summed E-state index contributed by atoms with van der Waals surface area (Å²) in [6, 6.07) is 53.9. The molecule has 3 heteroatoms. The Bertz CT molecular complexity index is 2500. The van der Waals surface area contributed by atoms with E-state index in [1.165, 1.54) is 38.6 Å². The van der Waals surface area contributed by atoms with E-state index in [2.05, 4.69) is 158 Å². The molecule has 49 heavy (non-hydrogen) atoms. The number of pyridine rings is 1. The third-order valence-corrected chi connectivity index (χ3v) is 9.99. The van der Waals surface area contributed by atoms with E-state index in [0.717, 1.165) is 44.8 Å². The number of benzene rings is 6. The van der Waals surface area contributed by atoms with E-state index in [4.69, 9.17) is 9.97 Å². The highest BCUT2D eigenvalue weighted by atomic mass is 14.9. The zero-order valence-electron chi connectivity index (χ0n) is 27.4. The second-order valence-corrected chi connectivity index (χ2v) is 13.3. The van der Waals surface area contributed by atoms with Crippen molar-refractivity contribution < 1.29 is 0 Å². The number of hydrogen-bond donors (Lipinski definition) is 0. The number of nitrogens with zero attached hydrogens (tertiary/aromatic N) is 3. The second kappa shape index (κ2) is 11.5. The standard InChI is InChI=1S/C46H33N3/c1-46(2)40-23-22-35(27-39(40)44-38-16-7-6-12-32(38)21-24-41(44)46)43-28-42(33-19-17-31(18-20-33)37-15-9-25-47-29-37)48-45(49-43)36-14-8-13-34(26-36)30-10-4-3-5-11-30/h3-29H,1-2H3. The van der Waals surface area contributed by atoms with Gasteiger partial charge < -0.3 is 0 Å². The molecule has 0 saturated heterocycles. The summed E-state index contributed by atoms with van der Waals surface area (Å²) in [7, 11) is 0. The van der Waals surface area contributed by atoms with Gasteiger partial charge in [0, 0.05) is 34.5 Å². The molecule has 0 fully saturated rings. The van der Waals surface area contributed by atoms with Gasteiger partial charge in [-0.1, -0.05) is 141 Å². The number of hydrogen-bond acceptors (Lipinski definition) is 3. The highest BCUT2D eigenvalue weighted by Gasteiger charge is 2.36. The molecule has 0 N–H and O–H groups in total. The summed E-state index contributed by atoms with van der Waals surface area (Å²) >= 11 is 0.